The van der Waals surface area contributed by atoms with Gasteiger partial charge in [0.1, 0.15) is 12.4 Å². The molecule has 0 N–H and O–H groups in total. The van der Waals surface area contributed by atoms with Crippen LogP contribution in [0.5, 0.6) is 0 Å². The zero-order valence-corrected chi connectivity index (χ0v) is 9.55. The summed E-state index contributed by atoms with van der Waals surface area (Å²) in [5, 5.41) is 0. The van der Waals surface area contributed by atoms with Crippen molar-refractivity contribution in [3.05, 3.63) is 11.5 Å². The third-order valence-corrected chi connectivity index (χ3v) is 3.06. The van der Waals surface area contributed by atoms with Gasteiger partial charge in [-0.15, -0.1) is 0 Å². The minimum Gasteiger partial charge on any atom is -0.494 e. The quantitative estimate of drug-likeness (QED) is 0.686. The summed E-state index contributed by atoms with van der Waals surface area (Å²) in [7, 11) is 0. The molecule has 0 amide bonds. The van der Waals surface area contributed by atoms with E-state index in [0.29, 0.717) is 5.92 Å². The molecule has 1 heterocycles. The van der Waals surface area contributed by atoms with E-state index in [1.807, 2.05) is 0 Å². The van der Waals surface area contributed by atoms with Gasteiger partial charge in [0.15, 0.2) is 0 Å². The summed E-state index contributed by atoms with van der Waals surface area (Å²) in [6.07, 6.45) is 3.80. The van der Waals surface area contributed by atoms with Crippen molar-refractivity contribution in [2.45, 2.75) is 46.1 Å². The van der Waals surface area contributed by atoms with Crippen LogP contribution in [0.4, 0.5) is 0 Å². The highest BCUT2D eigenvalue weighted by molar-refractivity contribution is 5.15. The van der Waals surface area contributed by atoms with Gasteiger partial charge in [-0.05, 0) is 18.8 Å². The maximum absolute atomic E-state index is 5.75. The van der Waals surface area contributed by atoms with E-state index in [-0.39, 0.29) is 0 Å². The molecule has 0 aromatic heterocycles. The van der Waals surface area contributed by atoms with Crippen LogP contribution in [0.1, 0.15) is 40.0 Å². The topological polar surface area (TPSA) is 12.5 Å². The van der Waals surface area contributed by atoms with Crippen LogP contribution in [0.3, 0.4) is 0 Å². The van der Waals surface area contributed by atoms with Crippen LogP contribution in [0.25, 0.3) is 0 Å². The van der Waals surface area contributed by atoms with Gasteiger partial charge >= 0.3 is 0 Å². The van der Waals surface area contributed by atoms with E-state index in [9.17, 15) is 0 Å². The maximum atomic E-state index is 5.75. The number of hydrogen-bond donors (Lipinski definition) is 0. The molecule has 14 heavy (non-hydrogen) atoms. The zero-order chi connectivity index (χ0) is 10.1. The molecular weight excluding hydrogens is 174 g/mol. The van der Waals surface area contributed by atoms with Gasteiger partial charge in [-0.1, -0.05) is 20.8 Å². The lowest BCUT2D eigenvalue weighted by atomic mass is 10.0. The second-order valence-corrected chi connectivity index (χ2v) is 4.59. The summed E-state index contributed by atoms with van der Waals surface area (Å²) in [6.45, 7) is 8.72. The molecule has 0 atom stereocenters. The Morgan fingerprint density at radius 2 is 2.14 bits per heavy atom. The molecule has 2 nitrogen and oxygen atoms in total. The van der Waals surface area contributed by atoms with Gasteiger partial charge in [-0.25, -0.2) is 0 Å². The van der Waals surface area contributed by atoms with Crippen molar-refractivity contribution in [3.63, 3.8) is 0 Å². The minimum atomic E-state index is 0.603. The van der Waals surface area contributed by atoms with Crippen LogP contribution in [-0.2, 0) is 4.74 Å². The number of ether oxygens (including phenoxy) is 1. The summed E-state index contributed by atoms with van der Waals surface area (Å²) in [6, 6.07) is 0.831. The molecule has 1 aliphatic heterocycles. The fraction of sp³-hybridized carbons (Fsp3) is 0.833. The first kappa shape index (κ1) is 9.88. The van der Waals surface area contributed by atoms with E-state index in [2.05, 4.69) is 25.7 Å². The Bertz CT molecular complexity index is 241. The lowest BCUT2D eigenvalue weighted by Crippen LogP contribution is -2.36. The molecule has 0 aromatic carbocycles. The summed E-state index contributed by atoms with van der Waals surface area (Å²) in [5.41, 5.74) is 1.47. The average molecular weight is 195 g/mol. The first-order valence-electron chi connectivity index (χ1n) is 5.86. The molecule has 0 unspecified atom stereocenters. The van der Waals surface area contributed by atoms with Gasteiger partial charge in [0, 0.05) is 12.5 Å². The highest BCUT2D eigenvalue weighted by atomic mass is 16.5. The smallest absolute Gasteiger partial charge is 0.115 e. The third-order valence-electron chi connectivity index (χ3n) is 3.06. The summed E-state index contributed by atoms with van der Waals surface area (Å²) in [4.78, 5) is 2.59. The Kier molecular flexibility index (Phi) is 2.71. The Morgan fingerprint density at radius 3 is 2.64 bits per heavy atom. The van der Waals surface area contributed by atoms with Crippen molar-refractivity contribution in [1.29, 1.82) is 0 Å². The van der Waals surface area contributed by atoms with Crippen LogP contribution in [0, 0.1) is 5.92 Å². The second-order valence-electron chi connectivity index (χ2n) is 4.59. The van der Waals surface area contributed by atoms with E-state index in [0.717, 1.165) is 25.6 Å². The molecule has 0 radical (unpaired) electrons. The number of nitrogens with zero attached hydrogens (tertiary/aromatic N) is 1. The first-order chi connectivity index (χ1) is 6.74. The number of hydrogen-bond acceptors (Lipinski definition) is 2. The number of allylic oxidation sites excluding steroid dienone is 2. The molecule has 0 spiro atoms. The van der Waals surface area contributed by atoms with E-state index < -0.39 is 0 Å². The summed E-state index contributed by atoms with van der Waals surface area (Å²) in [5.74, 6) is 1.84. The van der Waals surface area contributed by atoms with E-state index in [1.54, 1.807) is 0 Å². The molecule has 2 aliphatic rings. The Balaban J connectivity index is 2.23. The van der Waals surface area contributed by atoms with Crippen molar-refractivity contribution >= 4 is 0 Å². The Hall–Kier alpha value is -0.660. The highest BCUT2D eigenvalue weighted by Gasteiger charge is 2.34. The Labute approximate surface area is 86.9 Å². The standard InChI is InChI=1S/C12H21NO/c1-4-11-12(9(2)3)13(7-8-14-11)10-5-6-10/h9-10H,4-8H2,1-3H3. The van der Waals surface area contributed by atoms with E-state index in [4.69, 9.17) is 4.74 Å². The zero-order valence-electron chi connectivity index (χ0n) is 9.55. The third kappa shape index (κ3) is 1.75. The predicted molar refractivity (Wildman–Crippen MR) is 57.8 cm³/mol. The fourth-order valence-electron chi connectivity index (χ4n) is 2.32. The molecule has 80 valence electrons. The van der Waals surface area contributed by atoms with Crippen molar-refractivity contribution in [3.8, 4) is 0 Å². The highest BCUT2D eigenvalue weighted by Crippen LogP contribution is 2.36. The normalized spacial score (nSPS) is 23.0. The lowest BCUT2D eigenvalue weighted by molar-refractivity contribution is 0.109. The molecule has 1 fully saturated rings. The lowest BCUT2D eigenvalue weighted by Gasteiger charge is -2.36. The maximum Gasteiger partial charge on any atom is 0.115 e. The molecule has 0 aromatic rings. The van der Waals surface area contributed by atoms with Crippen molar-refractivity contribution < 1.29 is 4.74 Å². The molecule has 1 aliphatic carbocycles. The fourth-order valence-corrected chi connectivity index (χ4v) is 2.32. The van der Waals surface area contributed by atoms with Crippen molar-refractivity contribution in [1.82, 2.24) is 4.90 Å². The van der Waals surface area contributed by atoms with Crippen LogP contribution in [-0.4, -0.2) is 24.1 Å². The molecule has 2 heteroatoms. The predicted octanol–water partition coefficient (Wildman–Crippen LogP) is 2.76. The first-order valence-corrected chi connectivity index (χ1v) is 5.86. The summed E-state index contributed by atoms with van der Waals surface area (Å²) < 4.78 is 5.75. The van der Waals surface area contributed by atoms with Crippen molar-refractivity contribution in [2.75, 3.05) is 13.2 Å². The molecular formula is C12H21NO. The van der Waals surface area contributed by atoms with Crippen LogP contribution >= 0.6 is 0 Å². The molecule has 0 bridgehead atoms. The van der Waals surface area contributed by atoms with E-state index in [1.165, 1.54) is 24.3 Å². The number of rotatable bonds is 3. The van der Waals surface area contributed by atoms with Gasteiger partial charge in [-0.2, -0.15) is 0 Å². The van der Waals surface area contributed by atoms with Gasteiger partial charge < -0.3 is 9.64 Å². The van der Waals surface area contributed by atoms with E-state index >= 15 is 0 Å². The Morgan fingerprint density at radius 1 is 1.43 bits per heavy atom. The summed E-state index contributed by atoms with van der Waals surface area (Å²) >= 11 is 0. The van der Waals surface area contributed by atoms with Crippen LogP contribution < -0.4 is 0 Å². The minimum absolute atomic E-state index is 0.603. The van der Waals surface area contributed by atoms with Gasteiger partial charge in [-0.3, -0.25) is 0 Å². The largest absolute Gasteiger partial charge is 0.494 e. The molecule has 1 saturated carbocycles. The van der Waals surface area contributed by atoms with Gasteiger partial charge in [0.2, 0.25) is 0 Å². The van der Waals surface area contributed by atoms with Gasteiger partial charge in [0.05, 0.1) is 12.2 Å². The second kappa shape index (κ2) is 3.84. The molecule has 2 rings (SSSR count). The van der Waals surface area contributed by atoms with Crippen molar-refractivity contribution in [2.24, 2.45) is 5.92 Å². The molecule has 0 saturated heterocycles. The average Bonchev–Trinajstić information content (AvgIpc) is 2.99. The van der Waals surface area contributed by atoms with Gasteiger partial charge in [0.25, 0.3) is 0 Å². The SMILES string of the molecule is CCC1=C(C(C)C)N(C2CC2)CCO1. The van der Waals surface area contributed by atoms with Crippen LogP contribution in [0.2, 0.25) is 0 Å². The monoisotopic (exact) mass is 195 g/mol. The van der Waals surface area contributed by atoms with Crippen LogP contribution in [0.15, 0.2) is 11.5 Å².